The van der Waals surface area contributed by atoms with E-state index in [-0.39, 0.29) is 16.8 Å². The Labute approximate surface area is 89.0 Å². The number of nitriles is 1. The monoisotopic (exact) mass is 215 g/mol. The summed E-state index contributed by atoms with van der Waals surface area (Å²) in [6.07, 6.45) is 0. The van der Waals surface area contributed by atoms with Gasteiger partial charge in [0.05, 0.1) is 4.92 Å². The molecule has 6 nitrogen and oxygen atoms in total. The fourth-order valence-corrected chi connectivity index (χ4v) is 1.32. The van der Waals surface area contributed by atoms with E-state index >= 15 is 0 Å². The van der Waals surface area contributed by atoms with Crippen LogP contribution in [-0.4, -0.2) is 4.92 Å². The Balaban J connectivity index is 2.79. The molecule has 0 aliphatic rings. The second-order valence-corrected chi connectivity index (χ2v) is 3.08. The molecule has 0 fully saturated rings. The molecule has 0 unspecified atom stereocenters. The average Bonchev–Trinajstić information content (AvgIpc) is 2.27. The summed E-state index contributed by atoms with van der Waals surface area (Å²) in [7, 11) is 0. The summed E-state index contributed by atoms with van der Waals surface area (Å²) in [6.45, 7) is 0. The molecule has 1 N–H and O–H groups in total. The normalized spacial score (nSPS) is 9.94. The van der Waals surface area contributed by atoms with Crippen LogP contribution < -0.4 is 5.55 Å². The molecular formula is C10H5N3O3. The van der Waals surface area contributed by atoms with E-state index in [4.69, 9.17) is 15.1 Å². The van der Waals surface area contributed by atoms with Crippen molar-refractivity contribution in [1.29, 1.82) is 10.7 Å². The van der Waals surface area contributed by atoms with E-state index in [1.54, 1.807) is 6.07 Å². The van der Waals surface area contributed by atoms with Crippen molar-refractivity contribution in [2.75, 3.05) is 0 Å². The van der Waals surface area contributed by atoms with Crippen LogP contribution in [0.1, 0.15) is 5.56 Å². The first-order valence-corrected chi connectivity index (χ1v) is 4.29. The molecule has 6 heteroatoms. The first-order chi connectivity index (χ1) is 7.61. The van der Waals surface area contributed by atoms with Gasteiger partial charge in [0.1, 0.15) is 17.2 Å². The van der Waals surface area contributed by atoms with E-state index < -0.39 is 4.92 Å². The molecule has 0 saturated heterocycles. The van der Waals surface area contributed by atoms with Crippen LogP contribution >= 0.6 is 0 Å². The van der Waals surface area contributed by atoms with Gasteiger partial charge < -0.3 is 4.42 Å². The highest BCUT2D eigenvalue weighted by Crippen LogP contribution is 2.19. The fraction of sp³-hybridized carbons (Fsp3) is 0. The van der Waals surface area contributed by atoms with E-state index in [0.29, 0.717) is 11.0 Å². The third-order valence-electron chi connectivity index (χ3n) is 2.08. The standard InChI is InChI=1S/C10H5N3O3/c11-5-7-3-6-4-8(13(14)15)1-2-9(6)16-10(7)12/h1-4,12H. The van der Waals surface area contributed by atoms with E-state index in [0.717, 1.165) is 0 Å². The minimum absolute atomic E-state index is 0.0491. The van der Waals surface area contributed by atoms with Crippen LogP contribution in [0.15, 0.2) is 28.7 Å². The maximum absolute atomic E-state index is 10.5. The zero-order valence-corrected chi connectivity index (χ0v) is 7.93. The van der Waals surface area contributed by atoms with Gasteiger partial charge in [-0.05, 0) is 12.1 Å². The van der Waals surface area contributed by atoms with Crippen LogP contribution in [0.4, 0.5) is 5.69 Å². The van der Waals surface area contributed by atoms with Crippen LogP contribution in [0.5, 0.6) is 0 Å². The van der Waals surface area contributed by atoms with Gasteiger partial charge in [-0.1, -0.05) is 0 Å². The van der Waals surface area contributed by atoms with Crippen LogP contribution in [0, 0.1) is 26.9 Å². The Hall–Kier alpha value is -2.68. The molecule has 1 aromatic carbocycles. The van der Waals surface area contributed by atoms with Gasteiger partial charge in [0, 0.05) is 17.5 Å². The van der Waals surface area contributed by atoms with E-state index in [9.17, 15) is 10.1 Å². The maximum Gasteiger partial charge on any atom is 0.270 e. The number of benzene rings is 1. The molecule has 0 saturated carbocycles. The van der Waals surface area contributed by atoms with Crippen LogP contribution in [-0.2, 0) is 0 Å². The Bertz CT molecular complexity index is 682. The van der Waals surface area contributed by atoms with Gasteiger partial charge in [-0.2, -0.15) is 5.26 Å². The lowest BCUT2D eigenvalue weighted by Gasteiger charge is -1.97. The summed E-state index contributed by atoms with van der Waals surface area (Å²) in [4.78, 5) is 10.0. The Morgan fingerprint density at radius 1 is 1.44 bits per heavy atom. The second kappa shape index (κ2) is 3.47. The second-order valence-electron chi connectivity index (χ2n) is 3.08. The highest BCUT2D eigenvalue weighted by atomic mass is 16.6. The van der Waals surface area contributed by atoms with Crippen molar-refractivity contribution >= 4 is 16.7 Å². The summed E-state index contributed by atoms with van der Waals surface area (Å²) < 4.78 is 5.04. The largest absolute Gasteiger partial charge is 0.438 e. The third-order valence-corrected chi connectivity index (χ3v) is 2.08. The average molecular weight is 215 g/mol. The van der Waals surface area contributed by atoms with Crippen LogP contribution in [0.25, 0.3) is 11.0 Å². The minimum Gasteiger partial charge on any atom is -0.438 e. The van der Waals surface area contributed by atoms with Gasteiger partial charge in [0.25, 0.3) is 5.69 Å². The first kappa shape index (κ1) is 9.86. The van der Waals surface area contributed by atoms with Crippen molar-refractivity contribution in [3.63, 3.8) is 0 Å². The molecule has 1 heterocycles. The number of fused-ring (bicyclic) bond motifs is 1. The number of hydrogen-bond acceptors (Lipinski definition) is 5. The highest BCUT2D eigenvalue weighted by molar-refractivity contribution is 5.80. The molecule has 0 spiro atoms. The SMILES string of the molecule is N#Cc1cc2cc([N+](=O)[O-])ccc2oc1=N. The number of nitrogens with one attached hydrogen (secondary N) is 1. The number of hydrogen-bond donors (Lipinski definition) is 1. The number of nitro benzene ring substituents is 1. The molecule has 2 aromatic rings. The summed E-state index contributed by atoms with van der Waals surface area (Å²) in [5.74, 6) is 0. The van der Waals surface area contributed by atoms with Crippen molar-refractivity contribution in [2.45, 2.75) is 0 Å². The molecule has 2 rings (SSSR count). The van der Waals surface area contributed by atoms with Crippen molar-refractivity contribution in [3.8, 4) is 6.07 Å². The minimum atomic E-state index is -0.528. The molecule has 0 bridgehead atoms. The Morgan fingerprint density at radius 2 is 2.19 bits per heavy atom. The lowest BCUT2D eigenvalue weighted by Crippen LogP contribution is -2.03. The van der Waals surface area contributed by atoms with Crippen molar-refractivity contribution in [1.82, 2.24) is 0 Å². The summed E-state index contributed by atoms with van der Waals surface area (Å²) in [6, 6.07) is 7.19. The van der Waals surface area contributed by atoms with Crippen molar-refractivity contribution in [3.05, 3.63) is 45.5 Å². The predicted octanol–water partition coefficient (Wildman–Crippen LogP) is 1.69. The number of nitrogens with zero attached hydrogens (tertiary/aromatic N) is 2. The van der Waals surface area contributed by atoms with Gasteiger partial charge in [0.15, 0.2) is 0 Å². The molecule has 0 aliphatic carbocycles. The summed E-state index contributed by atoms with van der Waals surface area (Å²) >= 11 is 0. The molecule has 0 aliphatic heterocycles. The lowest BCUT2D eigenvalue weighted by atomic mass is 10.2. The number of nitro groups is 1. The van der Waals surface area contributed by atoms with E-state index in [1.807, 2.05) is 0 Å². The molecule has 0 amide bonds. The Kier molecular flexibility index (Phi) is 2.14. The third kappa shape index (κ3) is 1.50. The molecule has 78 valence electrons. The zero-order valence-electron chi connectivity index (χ0n) is 7.93. The van der Waals surface area contributed by atoms with Gasteiger partial charge in [0.2, 0.25) is 5.55 Å². The highest BCUT2D eigenvalue weighted by Gasteiger charge is 2.08. The smallest absolute Gasteiger partial charge is 0.270 e. The molecule has 0 radical (unpaired) electrons. The maximum atomic E-state index is 10.5. The van der Waals surface area contributed by atoms with Crippen LogP contribution in [0.3, 0.4) is 0 Å². The van der Waals surface area contributed by atoms with E-state index in [2.05, 4.69) is 0 Å². The van der Waals surface area contributed by atoms with Crippen LogP contribution in [0.2, 0.25) is 0 Å². The fourth-order valence-electron chi connectivity index (χ4n) is 1.32. The zero-order chi connectivity index (χ0) is 11.7. The quantitative estimate of drug-likeness (QED) is 0.577. The topological polar surface area (TPSA) is 104 Å². The summed E-state index contributed by atoms with van der Waals surface area (Å²) in [5.41, 5.74) is 0.0655. The molecular weight excluding hydrogens is 210 g/mol. The molecule has 16 heavy (non-hydrogen) atoms. The molecule has 0 atom stereocenters. The summed E-state index contributed by atoms with van der Waals surface area (Å²) in [5, 5.41) is 27.0. The van der Waals surface area contributed by atoms with Gasteiger partial charge in [-0.15, -0.1) is 0 Å². The Morgan fingerprint density at radius 3 is 2.81 bits per heavy atom. The first-order valence-electron chi connectivity index (χ1n) is 4.29. The lowest BCUT2D eigenvalue weighted by molar-refractivity contribution is -0.384. The van der Waals surface area contributed by atoms with Gasteiger partial charge in [-0.3, -0.25) is 15.5 Å². The van der Waals surface area contributed by atoms with E-state index in [1.165, 1.54) is 24.3 Å². The predicted molar refractivity (Wildman–Crippen MR) is 53.4 cm³/mol. The molecule has 1 aromatic heterocycles. The number of non-ortho nitro benzene ring substituents is 1. The van der Waals surface area contributed by atoms with Gasteiger partial charge >= 0.3 is 0 Å². The van der Waals surface area contributed by atoms with Crippen molar-refractivity contribution in [2.24, 2.45) is 0 Å². The number of rotatable bonds is 1. The van der Waals surface area contributed by atoms with Gasteiger partial charge in [-0.25, -0.2) is 0 Å². The van der Waals surface area contributed by atoms with Crippen molar-refractivity contribution < 1.29 is 9.34 Å².